The number of hydrogen-bond donors (Lipinski definition) is 0. The molecule has 1 fully saturated rings. The second-order valence-electron chi connectivity index (χ2n) is 9.08. The van der Waals surface area contributed by atoms with Crippen molar-refractivity contribution in [1.82, 2.24) is 9.88 Å². The van der Waals surface area contributed by atoms with E-state index < -0.39 is 0 Å². The highest BCUT2D eigenvalue weighted by molar-refractivity contribution is 5.87. The van der Waals surface area contributed by atoms with Gasteiger partial charge in [0.05, 0.1) is 24.1 Å². The number of likely N-dealkylation sites (tertiary alicyclic amines) is 1. The molecule has 1 aromatic heterocycles. The third-order valence-corrected chi connectivity index (χ3v) is 6.66. The molecule has 0 spiro atoms. The summed E-state index contributed by atoms with van der Waals surface area (Å²) in [7, 11) is 1.67. The molecule has 0 amide bonds. The summed E-state index contributed by atoms with van der Waals surface area (Å²) in [6.45, 7) is 3.73. The molecule has 4 aromatic rings. The van der Waals surface area contributed by atoms with Crippen LogP contribution in [0.2, 0.25) is 0 Å². The average molecular weight is 483 g/mol. The molecule has 0 radical (unpaired) electrons. The van der Waals surface area contributed by atoms with E-state index in [0.717, 1.165) is 64.8 Å². The summed E-state index contributed by atoms with van der Waals surface area (Å²) in [6, 6.07) is 26.6. The van der Waals surface area contributed by atoms with E-state index in [-0.39, 0.29) is 5.82 Å². The highest BCUT2D eigenvalue weighted by Gasteiger charge is 2.19. The zero-order chi connectivity index (χ0) is 24.7. The molecule has 1 aliphatic heterocycles. The quantitative estimate of drug-likeness (QED) is 0.268. The van der Waals surface area contributed by atoms with Crippen molar-refractivity contribution < 1.29 is 13.9 Å². The fraction of sp³-hybridized carbons (Fsp3) is 0.258. The van der Waals surface area contributed by atoms with Crippen molar-refractivity contribution in [2.75, 3.05) is 33.4 Å². The molecule has 5 rings (SSSR count). The third-order valence-electron chi connectivity index (χ3n) is 6.66. The molecule has 4 nitrogen and oxygen atoms in total. The molecule has 0 aliphatic carbocycles. The molecule has 0 bridgehead atoms. The average Bonchev–Trinajstić information content (AvgIpc) is 2.94. The minimum atomic E-state index is -0.269. The Labute approximate surface area is 212 Å². The van der Waals surface area contributed by atoms with Gasteiger partial charge in [0, 0.05) is 23.7 Å². The van der Waals surface area contributed by atoms with Crippen molar-refractivity contribution in [3.05, 3.63) is 90.7 Å². The molecular weight excluding hydrogens is 451 g/mol. The van der Waals surface area contributed by atoms with Gasteiger partial charge in [-0.15, -0.1) is 0 Å². The van der Waals surface area contributed by atoms with E-state index in [1.165, 1.54) is 31.4 Å². The molecule has 0 N–H and O–H groups in total. The van der Waals surface area contributed by atoms with Crippen molar-refractivity contribution in [3.63, 3.8) is 0 Å². The van der Waals surface area contributed by atoms with Crippen LogP contribution in [0.1, 0.15) is 19.3 Å². The summed E-state index contributed by atoms with van der Waals surface area (Å²) in [5.74, 6) is 1.30. The van der Waals surface area contributed by atoms with Crippen LogP contribution in [-0.2, 0) is 0 Å². The SMILES string of the molecule is COc1ccc(-c2c(OCCN3CCCCC3)cc(-c3ccc(F)cc3)nc2-c2ccccc2)cc1. The molecule has 1 saturated heterocycles. The van der Waals surface area contributed by atoms with Gasteiger partial charge in [-0.3, -0.25) is 4.90 Å². The number of piperidine rings is 1. The first-order valence-corrected chi connectivity index (χ1v) is 12.6. The Morgan fingerprint density at radius 3 is 2.19 bits per heavy atom. The second-order valence-corrected chi connectivity index (χ2v) is 9.08. The standard InChI is InChI=1S/C31H31FN2O2/c1-35-27-16-12-24(13-17-27)30-29(36-21-20-34-18-6-3-7-19-34)22-28(23-10-14-26(32)15-11-23)33-31(30)25-8-4-2-5-9-25/h2,4-5,8-17,22H,3,6-7,18-21H2,1H3. The predicted molar refractivity (Wildman–Crippen MR) is 143 cm³/mol. The lowest BCUT2D eigenvalue weighted by atomic mass is 9.96. The monoisotopic (exact) mass is 482 g/mol. The largest absolute Gasteiger partial charge is 0.497 e. The zero-order valence-electron chi connectivity index (χ0n) is 20.6. The van der Waals surface area contributed by atoms with Crippen LogP contribution in [0.5, 0.6) is 11.5 Å². The maximum atomic E-state index is 13.7. The zero-order valence-corrected chi connectivity index (χ0v) is 20.6. The number of methoxy groups -OCH3 is 1. The van der Waals surface area contributed by atoms with Gasteiger partial charge in [-0.1, -0.05) is 48.9 Å². The lowest BCUT2D eigenvalue weighted by molar-refractivity contribution is 0.183. The molecule has 5 heteroatoms. The lowest BCUT2D eigenvalue weighted by Gasteiger charge is -2.26. The maximum absolute atomic E-state index is 13.7. The number of hydrogen-bond acceptors (Lipinski definition) is 4. The topological polar surface area (TPSA) is 34.6 Å². The summed E-state index contributed by atoms with van der Waals surface area (Å²) in [4.78, 5) is 7.55. The van der Waals surface area contributed by atoms with Gasteiger partial charge in [0.2, 0.25) is 0 Å². The molecule has 0 unspecified atom stereocenters. The van der Waals surface area contributed by atoms with Crippen molar-refractivity contribution >= 4 is 0 Å². The van der Waals surface area contributed by atoms with Gasteiger partial charge >= 0.3 is 0 Å². The van der Waals surface area contributed by atoms with Gasteiger partial charge < -0.3 is 9.47 Å². The first kappa shape index (κ1) is 24.0. The van der Waals surface area contributed by atoms with E-state index in [4.69, 9.17) is 14.5 Å². The fourth-order valence-electron chi connectivity index (χ4n) is 4.71. The number of aromatic nitrogens is 1. The highest BCUT2D eigenvalue weighted by Crippen LogP contribution is 2.41. The maximum Gasteiger partial charge on any atom is 0.131 e. The van der Waals surface area contributed by atoms with Crippen LogP contribution >= 0.6 is 0 Å². The van der Waals surface area contributed by atoms with Crippen molar-refractivity contribution in [1.29, 1.82) is 0 Å². The smallest absolute Gasteiger partial charge is 0.131 e. The summed E-state index contributed by atoms with van der Waals surface area (Å²) < 4.78 is 25.6. The molecule has 0 saturated carbocycles. The van der Waals surface area contributed by atoms with Gasteiger partial charge in [-0.25, -0.2) is 9.37 Å². The molecule has 2 heterocycles. The van der Waals surface area contributed by atoms with E-state index in [1.807, 2.05) is 48.5 Å². The Kier molecular flexibility index (Phi) is 7.58. The van der Waals surface area contributed by atoms with Crippen LogP contribution in [0.3, 0.4) is 0 Å². The minimum absolute atomic E-state index is 0.269. The predicted octanol–water partition coefficient (Wildman–Crippen LogP) is 7.10. The number of benzene rings is 3. The summed E-state index contributed by atoms with van der Waals surface area (Å²) in [6.07, 6.45) is 3.81. The number of nitrogens with zero attached hydrogens (tertiary/aromatic N) is 2. The summed E-state index contributed by atoms with van der Waals surface area (Å²) >= 11 is 0. The molecular formula is C31H31FN2O2. The van der Waals surface area contributed by atoms with Crippen LogP contribution in [0, 0.1) is 5.82 Å². The molecule has 184 valence electrons. The first-order chi connectivity index (χ1) is 17.7. The van der Waals surface area contributed by atoms with Gasteiger partial charge in [-0.2, -0.15) is 0 Å². The fourth-order valence-corrected chi connectivity index (χ4v) is 4.71. The normalized spacial score (nSPS) is 13.9. The van der Waals surface area contributed by atoms with Crippen LogP contribution in [0.15, 0.2) is 84.9 Å². The molecule has 36 heavy (non-hydrogen) atoms. The Bertz CT molecular complexity index is 1270. The summed E-state index contributed by atoms with van der Waals surface area (Å²) in [5.41, 5.74) is 5.35. The van der Waals surface area contributed by atoms with Crippen molar-refractivity contribution in [2.45, 2.75) is 19.3 Å². The van der Waals surface area contributed by atoms with Gasteiger partial charge in [0.15, 0.2) is 0 Å². The van der Waals surface area contributed by atoms with Gasteiger partial charge in [0.25, 0.3) is 0 Å². The third kappa shape index (κ3) is 5.58. The van der Waals surface area contributed by atoms with Crippen molar-refractivity contribution in [2.24, 2.45) is 0 Å². The van der Waals surface area contributed by atoms with Gasteiger partial charge in [0.1, 0.15) is 23.9 Å². The van der Waals surface area contributed by atoms with E-state index in [9.17, 15) is 4.39 Å². The van der Waals surface area contributed by atoms with E-state index in [1.54, 1.807) is 19.2 Å². The molecule has 0 atom stereocenters. The number of ether oxygens (including phenoxy) is 2. The Morgan fingerprint density at radius 2 is 1.50 bits per heavy atom. The number of halogens is 1. The van der Waals surface area contributed by atoms with Crippen LogP contribution < -0.4 is 9.47 Å². The molecule has 1 aliphatic rings. The highest BCUT2D eigenvalue weighted by atomic mass is 19.1. The Hall–Kier alpha value is -3.70. The lowest BCUT2D eigenvalue weighted by Crippen LogP contribution is -2.33. The Balaban J connectivity index is 1.61. The van der Waals surface area contributed by atoms with E-state index >= 15 is 0 Å². The first-order valence-electron chi connectivity index (χ1n) is 12.6. The second kappa shape index (κ2) is 11.4. The summed E-state index contributed by atoms with van der Waals surface area (Å²) in [5, 5.41) is 0. The van der Waals surface area contributed by atoms with Crippen LogP contribution in [0.25, 0.3) is 33.6 Å². The minimum Gasteiger partial charge on any atom is -0.497 e. The van der Waals surface area contributed by atoms with E-state index in [2.05, 4.69) is 17.0 Å². The number of rotatable bonds is 8. The van der Waals surface area contributed by atoms with Crippen LogP contribution in [0.4, 0.5) is 4.39 Å². The number of pyridine rings is 1. The molecule has 3 aromatic carbocycles. The van der Waals surface area contributed by atoms with Gasteiger partial charge in [-0.05, 0) is 67.9 Å². The van der Waals surface area contributed by atoms with E-state index in [0.29, 0.717) is 6.61 Å². The Morgan fingerprint density at radius 1 is 0.806 bits per heavy atom. The van der Waals surface area contributed by atoms with Crippen molar-refractivity contribution in [3.8, 4) is 45.1 Å². The van der Waals surface area contributed by atoms with Crippen LogP contribution in [-0.4, -0.2) is 43.2 Å².